The molecule has 0 unspecified atom stereocenters. The molecule has 25 heavy (non-hydrogen) atoms. The van der Waals surface area contributed by atoms with Gasteiger partial charge in [-0.2, -0.15) is 0 Å². The minimum absolute atomic E-state index is 0.0687. The van der Waals surface area contributed by atoms with Gasteiger partial charge in [0.2, 0.25) is 0 Å². The van der Waals surface area contributed by atoms with Crippen LogP contribution < -0.4 is 4.74 Å². The Kier molecular flexibility index (Phi) is 4.86. The summed E-state index contributed by atoms with van der Waals surface area (Å²) < 4.78 is 10.6. The molecule has 0 aliphatic rings. The molecule has 2 aromatic carbocycles. The Bertz CT molecular complexity index is 957. The van der Waals surface area contributed by atoms with E-state index in [2.05, 4.69) is 9.97 Å². The summed E-state index contributed by atoms with van der Waals surface area (Å²) in [4.78, 5) is 21.3. The highest BCUT2D eigenvalue weighted by atomic mass is 35.5. The van der Waals surface area contributed by atoms with Crippen molar-refractivity contribution < 1.29 is 14.3 Å². The summed E-state index contributed by atoms with van der Waals surface area (Å²) in [6.45, 7) is 3.86. The Balaban J connectivity index is 1.81. The van der Waals surface area contributed by atoms with Gasteiger partial charge in [-0.3, -0.25) is 0 Å². The van der Waals surface area contributed by atoms with Gasteiger partial charge in [-0.05, 0) is 50.2 Å². The molecule has 0 spiro atoms. The molecule has 3 aromatic rings. The molecule has 0 radical (unpaired) electrons. The lowest BCUT2D eigenvalue weighted by Crippen LogP contribution is -2.06. The number of methoxy groups -OCH3 is 1. The summed E-state index contributed by atoms with van der Waals surface area (Å²) in [5.74, 6) is 0.177. The molecule has 1 aromatic heterocycles. The van der Waals surface area contributed by atoms with Crippen molar-refractivity contribution in [3.05, 3.63) is 63.9 Å². The fourth-order valence-corrected chi connectivity index (χ4v) is 2.64. The highest BCUT2D eigenvalue weighted by molar-refractivity contribution is 6.30. The number of hydrogen-bond donors (Lipinski definition) is 0. The number of carbonyl (C=O) groups is 1. The van der Waals surface area contributed by atoms with Gasteiger partial charge < -0.3 is 9.47 Å². The number of carbonyl (C=O) groups excluding carboxylic acids is 1. The van der Waals surface area contributed by atoms with E-state index in [1.54, 1.807) is 43.5 Å². The van der Waals surface area contributed by atoms with E-state index in [4.69, 9.17) is 21.1 Å². The molecular formula is C19H17ClN2O3. The van der Waals surface area contributed by atoms with Gasteiger partial charge in [0.15, 0.2) is 0 Å². The van der Waals surface area contributed by atoms with E-state index < -0.39 is 5.97 Å². The largest absolute Gasteiger partial charge is 0.496 e. The lowest BCUT2D eigenvalue weighted by Gasteiger charge is -2.10. The standard InChI is InChI=1S/C19H17ClN2O3/c1-11-12(2)22-17-9-13(4-6-16(17)21-11)19(23)25-10-14-8-15(20)5-7-18(14)24-3/h4-9H,10H2,1-3H3. The van der Waals surface area contributed by atoms with E-state index in [1.165, 1.54) is 0 Å². The summed E-state index contributed by atoms with van der Waals surface area (Å²) in [6, 6.07) is 10.3. The van der Waals surface area contributed by atoms with Crippen LogP contribution in [-0.2, 0) is 11.3 Å². The van der Waals surface area contributed by atoms with Crippen molar-refractivity contribution in [3.63, 3.8) is 0 Å². The Morgan fingerprint density at radius 1 is 1.04 bits per heavy atom. The number of nitrogens with zero attached hydrogens (tertiary/aromatic N) is 2. The molecule has 0 saturated heterocycles. The highest BCUT2D eigenvalue weighted by Gasteiger charge is 2.12. The zero-order chi connectivity index (χ0) is 18.0. The van der Waals surface area contributed by atoms with Gasteiger partial charge in [-0.15, -0.1) is 0 Å². The van der Waals surface area contributed by atoms with Crippen LogP contribution in [0.5, 0.6) is 5.75 Å². The zero-order valence-electron chi connectivity index (χ0n) is 14.2. The van der Waals surface area contributed by atoms with Crippen LogP contribution in [0.3, 0.4) is 0 Å². The van der Waals surface area contributed by atoms with Gasteiger partial charge in [0.1, 0.15) is 12.4 Å². The van der Waals surface area contributed by atoms with Crippen molar-refractivity contribution >= 4 is 28.6 Å². The van der Waals surface area contributed by atoms with Crippen LogP contribution in [0.2, 0.25) is 5.02 Å². The van der Waals surface area contributed by atoms with Crippen LogP contribution in [0.4, 0.5) is 0 Å². The summed E-state index contributed by atoms with van der Waals surface area (Å²) in [5, 5.41) is 0.554. The third kappa shape index (κ3) is 3.72. The topological polar surface area (TPSA) is 61.3 Å². The smallest absolute Gasteiger partial charge is 0.338 e. The molecular weight excluding hydrogens is 340 g/mol. The van der Waals surface area contributed by atoms with E-state index in [1.807, 2.05) is 13.8 Å². The third-order valence-corrected chi connectivity index (χ3v) is 4.15. The number of halogens is 1. The van der Waals surface area contributed by atoms with Crippen molar-refractivity contribution in [2.45, 2.75) is 20.5 Å². The SMILES string of the molecule is COc1ccc(Cl)cc1COC(=O)c1ccc2nc(C)c(C)nc2c1. The second-order valence-electron chi connectivity index (χ2n) is 5.63. The Labute approximate surface area is 150 Å². The van der Waals surface area contributed by atoms with Crippen LogP contribution in [0, 0.1) is 13.8 Å². The normalized spacial score (nSPS) is 10.7. The average Bonchev–Trinajstić information content (AvgIpc) is 2.60. The molecule has 128 valence electrons. The molecule has 0 fully saturated rings. The zero-order valence-corrected chi connectivity index (χ0v) is 14.9. The van der Waals surface area contributed by atoms with Crippen LogP contribution in [-0.4, -0.2) is 23.0 Å². The third-order valence-electron chi connectivity index (χ3n) is 3.91. The number of aryl methyl sites for hydroxylation is 2. The predicted octanol–water partition coefficient (Wildman–Crippen LogP) is 4.27. The molecule has 0 atom stereocenters. The first kappa shape index (κ1) is 17.2. The minimum atomic E-state index is -0.441. The Morgan fingerprint density at radius 2 is 1.76 bits per heavy atom. The van der Waals surface area contributed by atoms with Crippen molar-refractivity contribution in [1.29, 1.82) is 0 Å². The minimum Gasteiger partial charge on any atom is -0.496 e. The maximum atomic E-state index is 12.4. The Morgan fingerprint density at radius 3 is 2.48 bits per heavy atom. The quantitative estimate of drug-likeness (QED) is 0.653. The fourth-order valence-electron chi connectivity index (χ4n) is 2.44. The maximum absolute atomic E-state index is 12.4. The lowest BCUT2D eigenvalue weighted by atomic mass is 10.1. The van der Waals surface area contributed by atoms with E-state index >= 15 is 0 Å². The van der Waals surface area contributed by atoms with Gasteiger partial charge in [-0.25, -0.2) is 14.8 Å². The highest BCUT2D eigenvalue weighted by Crippen LogP contribution is 2.24. The second kappa shape index (κ2) is 7.07. The molecule has 0 aliphatic carbocycles. The van der Waals surface area contributed by atoms with E-state index in [9.17, 15) is 4.79 Å². The van der Waals surface area contributed by atoms with Gasteiger partial charge in [0.25, 0.3) is 0 Å². The first-order chi connectivity index (χ1) is 12.0. The van der Waals surface area contributed by atoms with Crippen LogP contribution in [0.1, 0.15) is 27.3 Å². The molecule has 0 aliphatic heterocycles. The molecule has 3 rings (SSSR count). The lowest BCUT2D eigenvalue weighted by molar-refractivity contribution is 0.0470. The summed E-state index contributed by atoms with van der Waals surface area (Å²) in [6.07, 6.45) is 0. The summed E-state index contributed by atoms with van der Waals surface area (Å²) in [7, 11) is 1.56. The summed E-state index contributed by atoms with van der Waals surface area (Å²) >= 11 is 5.99. The number of aromatic nitrogens is 2. The maximum Gasteiger partial charge on any atom is 0.338 e. The van der Waals surface area contributed by atoms with Gasteiger partial charge in [0.05, 0.1) is 35.1 Å². The molecule has 0 N–H and O–H groups in total. The van der Waals surface area contributed by atoms with Gasteiger partial charge >= 0.3 is 5.97 Å². The van der Waals surface area contributed by atoms with Crippen molar-refractivity contribution in [3.8, 4) is 5.75 Å². The van der Waals surface area contributed by atoms with Gasteiger partial charge in [0, 0.05) is 10.6 Å². The second-order valence-corrected chi connectivity index (χ2v) is 6.07. The number of hydrogen-bond acceptors (Lipinski definition) is 5. The molecule has 0 saturated carbocycles. The van der Waals surface area contributed by atoms with Crippen molar-refractivity contribution in [1.82, 2.24) is 9.97 Å². The van der Waals surface area contributed by atoms with Crippen LogP contribution in [0.25, 0.3) is 11.0 Å². The van der Waals surface area contributed by atoms with E-state index in [0.29, 0.717) is 27.4 Å². The fraction of sp³-hybridized carbons (Fsp3) is 0.211. The van der Waals surface area contributed by atoms with Crippen LogP contribution >= 0.6 is 11.6 Å². The molecule has 6 heteroatoms. The Hall–Kier alpha value is -2.66. The molecule has 5 nitrogen and oxygen atoms in total. The van der Waals surface area contributed by atoms with Crippen LogP contribution in [0.15, 0.2) is 36.4 Å². The number of esters is 1. The number of rotatable bonds is 4. The van der Waals surface area contributed by atoms with E-state index in [-0.39, 0.29) is 6.61 Å². The van der Waals surface area contributed by atoms with Crippen molar-refractivity contribution in [2.75, 3.05) is 7.11 Å². The molecule has 1 heterocycles. The van der Waals surface area contributed by atoms with Gasteiger partial charge in [-0.1, -0.05) is 11.6 Å². The molecule has 0 bridgehead atoms. The van der Waals surface area contributed by atoms with E-state index in [0.717, 1.165) is 16.9 Å². The van der Waals surface area contributed by atoms with Crippen molar-refractivity contribution in [2.24, 2.45) is 0 Å². The number of benzene rings is 2. The molecule has 0 amide bonds. The first-order valence-electron chi connectivity index (χ1n) is 7.72. The number of fused-ring (bicyclic) bond motifs is 1. The first-order valence-corrected chi connectivity index (χ1v) is 8.10. The predicted molar refractivity (Wildman–Crippen MR) is 96.1 cm³/mol. The number of ether oxygens (including phenoxy) is 2. The monoisotopic (exact) mass is 356 g/mol. The summed E-state index contributed by atoms with van der Waals surface area (Å²) in [5.41, 5.74) is 4.24. The average molecular weight is 357 g/mol.